The van der Waals surface area contributed by atoms with Crippen LogP contribution in [0.25, 0.3) is 0 Å². The van der Waals surface area contributed by atoms with Crippen molar-refractivity contribution in [2.75, 3.05) is 12.4 Å². The van der Waals surface area contributed by atoms with Crippen LogP contribution in [-0.4, -0.2) is 46.5 Å². The summed E-state index contributed by atoms with van der Waals surface area (Å²) in [5.74, 6) is -2.40. The second kappa shape index (κ2) is 7.39. The van der Waals surface area contributed by atoms with E-state index >= 15 is 0 Å². The maximum absolute atomic E-state index is 11.3. The number of halogens is 1. The van der Waals surface area contributed by atoms with E-state index in [0.29, 0.717) is 5.01 Å². The van der Waals surface area contributed by atoms with E-state index in [2.05, 4.69) is 5.29 Å². The Morgan fingerprint density at radius 2 is 2.06 bits per heavy atom. The van der Waals surface area contributed by atoms with Crippen molar-refractivity contribution in [3.05, 3.63) is 4.91 Å². The quantitative estimate of drug-likeness (QED) is 0.315. The number of carboxylic acids is 1. The van der Waals surface area contributed by atoms with Crippen LogP contribution < -0.4 is 11.1 Å². The van der Waals surface area contributed by atoms with E-state index in [0.717, 1.165) is 0 Å². The molecule has 0 aliphatic rings. The number of nitrogens with zero attached hydrogens (tertiary/aromatic N) is 2. The monoisotopic (exact) mass is 266 g/mol. The van der Waals surface area contributed by atoms with Gasteiger partial charge in [-0.15, -0.1) is 16.5 Å². The Hall–Kier alpha value is -1.90. The third-order valence-corrected chi connectivity index (χ3v) is 1.80. The second-order valence-electron chi connectivity index (χ2n) is 2.90. The summed E-state index contributed by atoms with van der Waals surface area (Å²) in [6.07, 6.45) is -0.589. The summed E-state index contributed by atoms with van der Waals surface area (Å²) in [5.41, 5.74) is 4.80. The summed E-state index contributed by atoms with van der Waals surface area (Å²) in [4.78, 5) is 42.7. The van der Waals surface area contributed by atoms with Gasteiger partial charge in [-0.25, -0.2) is 9.59 Å². The van der Waals surface area contributed by atoms with E-state index in [1.165, 1.54) is 0 Å². The van der Waals surface area contributed by atoms with Gasteiger partial charge in [0.05, 0.1) is 18.3 Å². The fraction of sp³-hybridized carbons (Fsp3) is 0.571. The second-order valence-corrected chi connectivity index (χ2v) is 3.28. The third-order valence-electron chi connectivity index (χ3n) is 1.63. The number of hydrogen-bond acceptors (Lipinski definition) is 5. The van der Waals surface area contributed by atoms with Gasteiger partial charge in [-0.3, -0.25) is 4.79 Å². The van der Waals surface area contributed by atoms with Crippen LogP contribution >= 0.6 is 11.6 Å². The van der Waals surface area contributed by atoms with Gasteiger partial charge in [-0.05, 0) is 0 Å². The summed E-state index contributed by atoms with van der Waals surface area (Å²) in [5, 5.41) is 13.4. The minimum absolute atomic E-state index is 0.0489. The van der Waals surface area contributed by atoms with E-state index in [9.17, 15) is 19.3 Å². The Balaban J connectivity index is 4.53. The van der Waals surface area contributed by atoms with E-state index in [1.807, 2.05) is 5.32 Å². The zero-order valence-corrected chi connectivity index (χ0v) is 9.38. The highest BCUT2D eigenvalue weighted by Gasteiger charge is 2.25. The van der Waals surface area contributed by atoms with Gasteiger partial charge in [0, 0.05) is 5.88 Å². The number of urea groups is 1. The number of carbonyl (C=O) groups is 3. The molecule has 0 aromatic rings. The topological polar surface area (TPSA) is 142 Å². The van der Waals surface area contributed by atoms with E-state index in [1.54, 1.807) is 0 Å². The first-order valence-corrected chi connectivity index (χ1v) is 4.94. The van der Waals surface area contributed by atoms with Gasteiger partial charge in [0.2, 0.25) is 5.91 Å². The van der Waals surface area contributed by atoms with Crippen molar-refractivity contribution in [1.82, 2.24) is 10.3 Å². The Morgan fingerprint density at radius 3 is 2.41 bits per heavy atom. The summed E-state index contributed by atoms with van der Waals surface area (Å²) in [7, 11) is 0. The molecule has 0 aliphatic carbocycles. The first kappa shape index (κ1) is 15.1. The molecule has 0 saturated heterocycles. The molecular weight excluding hydrogens is 256 g/mol. The number of hydrogen-bond donors (Lipinski definition) is 3. The van der Waals surface area contributed by atoms with Gasteiger partial charge in [0.1, 0.15) is 6.04 Å². The number of rotatable bonds is 7. The molecule has 0 radical (unpaired) electrons. The van der Waals surface area contributed by atoms with Crippen LogP contribution in [0.5, 0.6) is 0 Å². The zero-order chi connectivity index (χ0) is 13.4. The highest BCUT2D eigenvalue weighted by atomic mass is 35.5. The molecule has 9 nitrogen and oxygen atoms in total. The Bertz CT molecular complexity index is 323. The highest BCUT2D eigenvalue weighted by molar-refractivity contribution is 6.18. The largest absolute Gasteiger partial charge is 0.480 e. The lowest BCUT2D eigenvalue weighted by Crippen LogP contribution is -2.48. The molecule has 0 fully saturated rings. The molecule has 0 bridgehead atoms. The first-order chi connectivity index (χ1) is 7.92. The lowest BCUT2D eigenvalue weighted by molar-refractivity contribution is -0.140. The number of primary amides is 1. The fourth-order valence-electron chi connectivity index (χ4n) is 0.884. The molecular formula is C7H11ClN4O5. The van der Waals surface area contributed by atoms with Crippen molar-refractivity contribution < 1.29 is 19.5 Å². The molecule has 96 valence electrons. The number of carboxylic acid groups (broad SMARTS) is 1. The van der Waals surface area contributed by atoms with Crippen LogP contribution in [0.4, 0.5) is 4.79 Å². The number of nitrogens with two attached hydrogens (primary N) is 1. The third kappa shape index (κ3) is 5.66. The number of aliphatic carboxylic acids is 1. The summed E-state index contributed by atoms with van der Waals surface area (Å²) in [6.45, 7) is -0.181. The van der Waals surface area contributed by atoms with Crippen LogP contribution in [0.2, 0.25) is 0 Å². The average Bonchev–Trinajstić information content (AvgIpc) is 2.23. The van der Waals surface area contributed by atoms with Gasteiger partial charge in [-0.2, -0.15) is 5.01 Å². The van der Waals surface area contributed by atoms with Crippen LogP contribution in [0.15, 0.2) is 5.29 Å². The van der Waals surface area contributed by atoms with E-state index in [4.69, 9.17) is 22.4 Å². The van der Waals surface area contributed by atoms with E-state index in [-0.39, 0.29) is 12.4 Å². The minimum atomic E-state index is -1.51. The molecule has 0 unspecified atom stereocenters. The molecule has 0 aromatic carbocycles. The molecule has 0 aliphatic heterocycles. The molecule has 1 atom stereocenters. The molecule has 0 aromatic heterocycles. The number of amides is 3. The van der Waals surface area contributed by atoms with Crippen molar-refractivity contribution in [3.8, 4) is 0 Å². The van der Waals surface area contributed by atoms with Crippen LogP contribution in [0, 0.1) is 4.91 Å². The molecule has 4 N–H and O–H groups in total. The van der Waals surface area contributed by atoms with Crippen molar-refractivity contribution in [1.29, 1.82) is 0 Å². The fourth-order valence-corrected chi connectivity index (χ4v) is 1.04. The summed E-state index contributed by atoms with van der Waals surface area (Å²) in [6, 6.07) is -2.58. The Kier molecular flexibility index (Phi) is 6.56. The van der Waals surface area contributed by atoms with Crippen LogP contribution in [0.1, 0.15) is 6.42 Å². The Labute approximate surface area is 101 Å². The Morgan fingerprint density at radius 1 is 1.47 bits per heavy atom. The predicted molar refractivity (Wildman–Crippen MR) is 57.0 cm³/mol. The van der Waals surface area contributed by atoms with E-state index < -0.39 is 30.4 Å². The lowest BCUT2D eigenvalue weighted by Gasteiger charge is -2.17. The molecule has 10 heteroatoms. The molecule has 0 heterocycles. The van der Waals surface area contributed by atoms with Gasteiger partial charge >= 0.3 is 12.0 Å². The maximum Gasteiger partial charge on any atom is 0.341 e. The predicted octanol–water partition coefficient (Wildman–Crippen LogP) is -0.753. The molecule has 3 amide bonds. The SMILES string of the molecule is NC(=O)C[C@H](NC(=O)N(CCCl)N=O)C(=O)O. The lowest BCUT2D eigenvalue weighted by atomic mass is 10.2. The molecule has 0 saturated carbocycles. The van der Waals surface area contributed by atoms with Gasteiger partial charge in [0.25, 0.3) is 0 Å². The van der Waals surface area contributed by atoms with Gasteiger partial charge in [-0.1, -0.05) is 0 Å². The van der Waals surface area contributed by atoms with Gasteiger partial charge in [0.15, 0.2) is 0 Å². The number of nitroso groups, excluding NO2 is 1. The minimum Gasteiger partial charge on any atom is -0.480 e. The van der Waals surface area contributed by atoms with Crippen LogP contribution in [0.3, 0.4) is 0 Å². The first-order valence-electron chi connectivity index (χ1n) is 4.40. The van der Waals surface area contributed by atoms with Crippen molar-refractivity contribution in [3.63, 3.8) is 0 Å². The standard InChI is InChI=1S/C7H11ClN4O5/c8-1-2-12(11-17)7(16)10-4(6(14)15)3-5(9)13/h4H,1-3H2,(H2,9,13)(H,10,16)(H,14,15)/t4-/m0/s1. The van der Waals surface area contributed by atoms with Crippen LogP contribution in [-0.2, 0) is 9.59 Å². The highest BCUT2D eigenvalue weighted by Crippen LogP contribution is 1.97. The maximum atomic E-state index is 11.3. The molecule has 0 spiro atoms. The summed E-state index contributed by atoms with van der Waals surface area (Å²) >= 11 is 5.29. The molecule has 0 rings (SSSR count). The van der Waals surface area contributed by atoms with Crippen molar-refractivity contribution in [2.24, 2.45) is 11.0 Å². The molecule has 17 heavy (non-hydrogen) atoms. The number of carbonyl (C=O) groups excluding carboxylic acids is 2. The average molecular weight is 267 g/mol. The normalized spacial score (nSPS) is 11.4. The zero-order valence-electron chi connectivity index (χ0n) is 8.63. The van der Waals surface area contributed by atoms with Gasteiger partial charge < -0.3 is 16.2 Å². The smallest absolute Gasteiger partial charge is 0.341 e. The number of nitrogens with one attached hydrogen (secondary N) is 1. The number of alkyl halides is 1. The summed E-state index contributed by atoms with van der Waals surface area (Å²) < 4.78 is 0. The van der Waals surface area contributed by atoms with Crippen molar-refractivity contribution in [2.45, 2.75) is 12.5 Å². The van der Waals surface area contributed by atoms with Crippen molar-refractivity contribution >= 4 is 29.5 Å².